The van der Waals surface area contributed by atoms with Crippen LogP contribution >= 0.6 is 0 Å². The fourth-order valence-electron chi connectivity index (χ4n) is 2.22. The van der Waals surface area contributed by atoms with Crippen LogP contribution in [-0.4, -0.2) is 81.0 Å². The smallest absolute Gasteiger partial charge is 0.216 e. The van der Waals surface area contributed by atoms with Crippen LogP contribution in [0.15, 0.2) is 0 Å². The van der Waals surface area contributed by atoms with Crippen molar-refractivity contribution >= 4 is 10.0 Å². The largest absolute Gasteiger partial charge is 0.392 e. The van der Waals surface area contributed by atoms with Crippen molar-refractivity contribution in [1.82, 2.24) is 9.21 Å². The third-order valence-corrected chi connectivity index (χ3v) is 4.81. The fourth-order valence-corrected chi connectivity index (χ4v) is 3.79. The molecular weight excluding hydrogens is 256 g/mol. The summed E-state index contributed by atoms with van der Waals surface area (Å²) in [6.07, 6.45) is -0.0525. The molecule has 0 amide bonds. The molecule has 2 unspecified atom stereocenters. The first-order valence-corrected chi connectivity index (χ1v) is 7.87. The molecule has 0 spiro atoms. The third kappa shape index (κ3) is 4.47. The number of ether oxygens (including phenoxy) is 1. The predicted molar refractivity (Wildman–Crippen MR) is 70.0 cm³/mol. The molecule has 1 aliphatic heterocycles. The Labute approximate surface area is 110 Å². The molecule has 2 atom stereocenters. The highest BCUT2D eigenvalue weighted by Crippen LogP contribution is 2.22. The molecule has 0 bridgehead atoms. The van der Waals surface area contributed by atoms with E-state index in [-0.39, 0.29) is 24.9 Å². The van der Waals surface area contributed by atoms with Crippen LogP contribution in [0.4, 0.5) is 0 Å². The molecule has 0 radical (unpaired) electrons. The summed E-state index contributed by atoms with van der Waals surface area (Å²) in [4.78, 5) is 1.94. The first kappa shape index (κ1) is 15.8. The Morgan fingerprint density at radius 3 is 2.67 bits per heavy atom. The molecule has 0 aliphatic carbocycles. The van der Waals surface area contributed by atoms with Crippen molar-refractivity contribution in [3.05, 3.63) is 0 Å². The Hall–Kier alpha value is -0.210. The summed E-state index contributed by atoms with van der Waals surface area (Å²) >= 11 is 0. The molecule has 6 nitrogen and oxygen atoms in total. The van der Waals surface area contributed by atoms with E-state index in [9.17, 15) is 13.5 Å². The van der Waals surface area contributed by atoms with Gasteiger partial charge in [0.25, 0.3) is 0 Å². The molecule has 108 valence electrons. The second kappa shape index (κ2) is 6.81. The van der Waals surface area contributed by atoms with Gasteiger partial charge < -0.3 is 14.7 Å². The zero-order chi connectivity index (χ0) is 13.8. The molecule has 1 aliphatic rings. The summed E-state index contributed by atoms with van der Waals surface area (Å²) in [6.45, 7) is 3.39. The maximum atomic E-state index is 12.2. The van der Waals surface area contributed by atoms with Gasteiger partial charge in [-0.2, -0.15) is 4.31 Å². The first-order valence-electron chi connectivity index (χ1n) is 6.27. The van der Waals surface area contributed by atoms with E-state index in [2.05, 4.69) is 0 Å². The van der Waals surface area contributed by atoms with Gasteiger partial charge in [0, 0.05) is 25.7 Å². The number of hydrogen-bond acceptors (Lipinski definition) is 5. The average molecular weight is 280 g/mol. The number of nitrogens with zero attached hydrogens (tertiary/aromatic N) is 2. The number of rotatable bonds is 7. The minimum Gasteiger partial charge on any atom is -0.392 e. The SMILES string of the molecule is CCOCCS(=O)(=O)N1CC(O)CC1CN(C)C. The average Bonchev–Trinajstić information content (AvgIpc) is 2.59. The molecule has 0 saturated carbocycles. The van der Waals surface area contributed by atoms with E-state index in [1.807, 2.05) is 25.9 Å². The summed E-state index contributed by atoms with van der Waals surface area (Å²) < 4.78 is 30.8. The molecule has 0 aromatic carbocycles. The Morgan fingerprint density at radius 2 is 2.11 bits per heavy atom. The van der Waals surface area contributed by atoms with Crippen molar-refractivity contribution in [1.29, 1.82) is 0 Å². The first-order chi connectivity index (χ1) is 8.36. The van der Waals surface area contributed by atoms with Crippen molar-refractivity contribution in [3.8, 4) is 0 Å². The van der Waals surface area contributed by atoms with Gasteiger partial charge >= 0.3 is 0 Å². The van der Waals surface area contributed by atoms with Gasteiger partial charge in [0.15, 0.2) is 0 Å². The van der Waals surface area contributed by atoms with Gasteiger partial charge in [0.05, 0.1) is 18.5 Å². The molecule has 7 heteroatoms. The van der Waals surface area contributed by atoms with Gasteiger partial charge in [0.2, 0.25) is 10.0 Å². The molecule has 1 N–H and O–H groups in total. The Balaban J connectivity index is 2.65. The number of hydrogen-bond donors (Lipinski definition) is 1. The summed E-state index contributed by atoms with van der Waals surface area (Å²) in [5.74, 6) is -0.0164. The fraction of sp³-hybridized carbons (Fsp3) is 1.00. The Kier molecular flexibility index (Phi) is 6.00. The standard InChI is InChI=1S/C11H24N2O4S/c1-4-17-5-6-18(15,16)13-9-11(14)7-10(13)8-12(2)3/h10-11,14H,4-9H2,1-3H3. The lowest BCUT2D eigenvalue weighted by Gasteiger charge is -2.26. The zero-order valence-electron chi connectivity index (χ0n) is 11.4. The Morgan fingerprint density at radius 1 is 1.44 bits per heavy atom. The number of β-amino-alcohol motifs (C(OH)–C–C–N with tert-alkyl or cyclic N) is 1. The van der Waals surface area contributed by atoms with Gasteiger partial charge in [0.1, 0.15) is 0 Å². The number of likely N-dealkylation sites (N-methyl/N-ethyl adjacent to an activating group) is 1. The van der Waals surface area contributed by atoms with Crippen LogP contribution in [0.1, 0.15) is 13.3 Å². The summed E-state index contributed by atoms with van der Waals surface area (Å²) in [6, 6.07) is -0.137. The van der Waals surface area contributed by atoms with Gasteiger partial charge in [-0.05, 0) is 27.4 Å². The molecule has 1 rings (SSSR count). The van der Waals surface area contributed by atoms with E-state index < -0.39 is 16.1 Å². The lowest BCUT2D eigenvalue weighted by atomic mass is 10.2. The van der Waals surface area contributed by atoms with Crippen LogP contribution in [0.3, 0.4) is 0 Å². The second-order valence-corrected chi connectivity index (χ2v) is 6.93. The van der Waals surface area contributed by atoms with Crippen molar-refractivity contribution in [2.24, 2.45) is 0 Å². The third-order valence-electron chi connectivity index (χ3n) is 2.97. The van der Waals surface area contributed by atoms with E-state index in [0.29, 0.717) is 19.6 Å². The lowest BCUT2D eigenvalue weighted by molar-refractivity contribution is 0.161. The maximum Gasteiger partial charge on any atom is 0.216 e. The molecule has 0 aromatic rings. The molecule has 1 saturated heterocycles. The van der Waals surface area contributed by atoms with Crippen LogP contribution in [0.2, 0.25) is 0 Å². The highest BCUT2D eigenvalue weighted by Gasteiger charge is 2.38. The monoisotopic (exact) mass is 280 g/mol. The molecule has 18 heavy (non-hydrogen) atoms. The maximum absolute atomic E-state index is 12.2. The van der Waals surface area contributed by atoms with Crippen LogP contribution < -0.4 is 0 Å². The normalized spacial score (nSPS) is 26.1. The van der Waals surface area contributed by atoms with E-state index in [0.717, 1.165) is 0 Å². The van der Waals surface area contributed by atoms with Crippen molar-refractivity contribution in [2.75, 3.05) is 46.2 Å². The van der Waals surface area contributed by atoms with Gasteiger partial charge in [-0.15, -0.1) is 0 Å². The van der Waals surface area contributed by atoms with Crippen molar-refractivity contribution < 1.29 is 18.3 Å². The van der Waals surface area contributed by atoms with E-state index in [1.54, 1.807) is 0 Å². The minimum absolute atomic E-state index is 0.0164. The molecular formula is C11H24N2O4S. The second-order valence-electron chi connectivity index (χ2n) is 4.89. The van der Waals surface area contributed by atoms with Gasteiger partial charge in [-0.1, -0.05) is 0 Å². The Bertz CT molecular complexity index is 345. The van der Waals surface area contributed by atoms with Gasteiger partial charge in [-0.3, -0.25) is 0 Å². The number of sulfonamides is 1. The molecule has 1 heterocycles. The minimum atomic E-state index is -3.34. The molecule has 1 fully saturated rings. The zero-order valence-corrected chi connectivity index (χ0v) is 12.2. The highest BCUT2D eigenvalue weighted by molar-refractivity contribution is 7.89. The lowest BCUT2D eigenvalue weighted by Crippen LogP contribution is -2.43. The van der Waals surface area contributed by atoms with Crippen molar-refractivity contribution in [2.45, 2.75) is 25.5 Å². The van der Waals surface area contributed by atoms with Crippen LogP contribution in [0, 0.1) is 0 Å². The highest BCUT2D eigenvalue weighted by atomic mass is 32.2. The summed E-state index contributed by atoms with van der Waals surface area (Å²) in [5, 5.41) is 9.66. The summed E-state index contributed by atoms with van der Waals surface area (Å²) in [7, 11) is 0.459. The topological polar surface area (TPSA) is 70.1 Å². The van der Waals surface area contributed by atoms with Crippen LogP contribution in [0.5, 0.6) is 0 Å². The van der Waals surface area contributed by atoms with E-state index in [1.165, 1.54) is 4.31 Å². The van der Waals surface area contributed by atoms with E-state index >= 15 is 0 Å². The van der Waals surface area contributed by atoms with Gasteiger partial charge in [-0.25, -0.2) is 8.42 Å². The van der Waals surface area contributed by atoms with Crippen LogP contribution in [-0.2, 0) is 14.8 Å². The molecule has 0 aromatic heterocycles. The van der Waals surface area contributed by atoms with Crippen molar-refractivity contribution in [3.63, 3.8) is 0 Å². The number of aliphatic hydroxyl groups excluding tert-OH is 1. The van der Waals surface area contributed by atoms with Crippen LogP contribution in [0.25, 0.3) is 0 Å². The van der Waals surface area contributed by atoms with E-state index in [4.69, 9.17) is 4.74 Å². The quantitative estimate of drug-likeness (QED) is 0.628. The summed E-state index contributed by atoms with van der Waals surface area (Å²) in [5.41, 5.74) is 0. The predicted octanol–water partition coefficient (Wildman–Crippen LogP) is -0.650. The number of aliphatic hydroxyl groups is 1.